The number of carbonyl (C=O) groups is 1. The summed E-state index contributed by atoms with van der Waals surface area (Å²) in [6.07, 6.45) is 3.93. The fourth-order valence-corrected chi connectivity index (χ4v) is 4.38. The van der Waals surface area contributed by atoms with Crippen molar-refractivity contribution in [3.05, 3.63) is 78.4 Å². The molecule has 3 heterocycles. The number of aromatic nitrogens is 3. The monoisotopic (exact) mass is 443 g/mol. The molecule has 1 amide bonds. The third-order valence-corrected chi connectivity index (χ3v) is 6.19. The second-order valence-electron chi connectivity index (χ2n) is 8.36. The predicted octanol–water partition coefficient (Wildman–Crippen LogP) is 4.44. The average Bonchev–Trinajstić information content (AvgIpc) is 3.30. The summed E-state index contributed by atoms with van der Waals surface area (Å²) in [5.74, 6) is 0.822. The topological polar surface area (TPSA) is 65.1 Å². The van der Waals surface area contributed by atoms with Crippen LogP contribution in [-0.4, -0.2) is 51.9 Å². The molecule has 0 bridgehead atoms. The zero-order valence-electron chi connectivity index (χ0n) is 18.4. The van der Waals surface area contributed by atoms with Gasteiger partial charge in [0.2, 0.25) is 5.91 Å². The zero-order valence-corrected chi connectivity index (χ0v) is 18.4. The van der Waals surface area contributed by atoms with Gasteiger partial charge in [0.05, 0.1) is 5.39 Å². The minimum atomic E-state index is -0.261. The highest BCUT2D eigenvalue weighted by atomic mass is 19.1. The fraction of sp³-hybridized carbons (Fsp3) is 0.269. The number of rotatable bonds is 6. The van der Waals surface area contributed by atoms with Gasteiger partial charge in [-0.15, -0.1) is 0 Å². The van der Waals surface area contributed by atoms with Crippen LogP contribution in [0.4, 0.5) is 10.2 Å². The maximum absolute atomic E-state index is 13.3. The summed E-state index contributed by atoms with van der Waals surface area (Å²) < 4.78 is 13.3. The number of H-pyrrole nitrogens is 1. The van der Waals surface area contributed by atoms with Crippen LogP contribution in [0.2, 0.25) is 0 Å². The van der Waals surface area contributed by atoms with Crippen LogP contribution in [0.5, 0.6) is 0 Å². The molecule has 33 heavy (non-hydrogen) atoms. The van der Waals surface area contributed by atoms with E-state index in [4.69, 9.17) is 0 Å². The highest BCUT2D eigenvalue weighted by molar-refractivity contribution is 5.92. The Bertz CT molecular complexity index is 1230. The van der Waals surface area contributed by atoms with E-state index in [1.54, 1.807) is 18.5 Å². The summed E-state index contributed by atoms with van der Waals surface area (Å²) in [5, 5.41) is 0.930. The molecule has 1 aliphatic rings. The first kappa shape index (κ1) is 21.1. The van der Waals surface area contributed by atoms with Gasteiger partial charge < -0.3 is 14.8 Å². The molecule has 1 saturated heterocycles. The molecule has 0 unspecified atom stereocenters. The Morgan fingerprint density at radius 1 is 0.970 bits per heavy atom. The van der Waals surface area contributed by atoms with Crippen LogP contribution in [0.15, 0.2) is 67.0 Å². The van der Waals surface area contributed by atoms with Crippen molar-refractivity contribution >= 4 is 22.8 Å². The normalized spacial score (nSPS) is 14.1. The van der Waals surface area contributed by atoms with E-state index in [0.29, 0.717) is 19.5 Å². The van der Waals surface area contributed by atoms with E-state index in [9.17, 15) is 9.18 Å². The molecule has 0 spiro atoms. The first-order valence-corrected chi connectivity index (χ1v) is 11.3. The fourth-order valence-electron chi connectivity index (χ4n) is 4.38. The van der Waals surface area contributed by atoms with Crippen molar-refractivity contribution in [2.24, 2.45) is 0 Å². The Morgan fingerprint density at radius 2 is 1.73 bits per heavy atom. The molecular weight excluding hydrogens is 417 g/mol. The van der Waals surface area contributed by atoms with Crippen molar-refractivity contribution in [2.45, 2.75) is 19.3 Å². The number of nitrogens with zero attached hydrogens (tertiary/aromatic N) is 4. The number of amides is 1. The standard InChI is InChI=1S/C26H26FN5O/c27-21-11-9-20(10-12-21)23-17-22-25(30-23)28-18-29-26(22)32-15-13-31(14-16-32)24(33)8-4-7-19-5-2-1-3-6-19/h1-3,5-6,9-12,17-18H,4,7-8,13-16H2,(H,28,29,30). The first-order valence-electron chi connectivity index (χ1n) is 11.3. The Morgan fingerprint density at radius 3 is 2.48 bits per heavy atom. The maximum Gasteiger partial charge on any atom is 0.222 e. The molecule has 0 saturated carbocycles. The number of fused-ring (bicyclic) bond motifs is 1. The van der Waals surface area contributed by atoms with Gasteiger partial charge in [0.1, 0.15) is 23.6 Å². The van der Waals surface area contributed by atoms with E-state index in [1.807, 2.05) is 29.2 Å². The Hall–Kier alpha value is -3.74. The summed E-state index contributed by atoms with van der Waals surface area (Å²) in [5.41, 5.74) is 3.79. The van der Waals surface area contributed by atoms with Crippen molar-refractivity contribution in [3.8, 4) is 11.3 Å². The van der Waals surface area contributed by atoms with Gasteiger partial charge in [0.15, 0.2) is 0 Å². The van der Waals surface area contributed by atoms with Crippen LogP contribution >= 0.6 is 0 Å². The van der Waals surface area contributed by atoms with Gasteiger partial charge in [0.25, 0.3) is 0 Å². The second kappa shape index (κ2) is 9.40. The molecule has 168 valence electrons. The van der Waals surface area contributed by atoms with Gasteiger partial charge in [0, 0.05) is 38.3 Å². The van der Waals surface area contributed by atoms with E-state index < -0.39 is 0 Å². The average molecular weight is 444 g/mol. The predicted molar refractivity (Wildman–Crippen MR) is 127 cm³/mol. The number of carbonyl (C=O) groups excluding carboxylic acids is 1. The molecule has 2 aromatic heterocycles. The summed E-state index contributed by atoms with van der Waals surface area (Å²) in [7, 11) is 0. The van der Waals surface area contributed by atoms with Crippen LogP contribution in [0.25, 0.3) is 22.3 Å². The van der Waals surface area contributed by atoms with E-state index in [-0.39, 0.29) is 11.7 Å². The first-order chi connectivity index (χ1) is 16.2. The van der Waals surface area contributed by atoms with E-state index >= 15 is 0 Å². The van der Waals surface area contributed by atoms with Gasteiger partial charge in [-0.2, -0.15) is 0 Å². The third kappa shape index (κ3) is 4.72. The maximum atomic E-state index is 13.3. The lowest BCUT2D eigenvalue weighted by molar-refractivity contribution is -0.131. The summed E-state index contributed by atoms with van der Waals surface area (Å²) >= 11 is 0. The minimum Gasteiger partial charge on any atom is -0.352 e. The van der Waals surface area contributed by atoms with Gasteiger partial charge in [-0.25, -0.2) is 14.4 Å². The molecule has 4 aromatic rings. The summed E-state index contributed by atoms with van der Waals surface area (Å²) in [6, 6.07) is 18.7. The van der Waals surface area contributed by atoms with Crippen LogP contribution in [0, 0.1) is 5.82 Å². The molecule has 1 N–H and O–H groups in total. The van der Waals surface area contributed by atoms with Gasteiger partial charge in [-0.3, -0.25) is 4.79 Å². The van der Waals surface area contributed by atoms with Gasteiger partial charge >= 0.3 is 0 Å². The van der Waals surface area contributed by atoms with Crippen molar-refractivity contribution in [2.75, 3.05) is 31.1 Å². The molecule has 1 fully saturated rings. The van der Waals surface area contributed by atoms with E-state index in [0.717, 1.165) is 54.0 Å². The molecule has 6 nitrogen and oxygen atoms in total. The highest BCUT2D eigenvalue weighted by Gasteiger charge is 2.23. The molecule has 5 rings (SSSR count). The lowest BCUT2D eigenvalue weighted by Gasteiger charge is -2.35. The number of nitrogens with one attached hydrogen (secondary N) is 1. The number of hydrogen-bond donors (Lipinski definition) is 1. The molecule has 2 aromatic carbocycles. The largest absolute Gasteiger partial charge is 0.352 e. The number of aromatic amines is 1. The van der Waals surface area contributed by atoms with Crippen LogP contribution in [-0.2, 0) is 11.2 Å². The third-order valence-electron chi connectivity index (χ3n) is 6.19. The van der Waals surface area contributed by atoms with Gasteiger partial charge in [-0.05, 0) is 54.3 Å². The van der Waals surface area contributed by atoms with Crippen LogP contribution in [0.1, 0.15) is 18.4 Å². The van der Waals surface area contributed by atoms with E-state index in [1.165, 1.54) is 17.7 Å². The number of anilines is 1. The molecule has 0 atom stereocenters. The highest BCUT2D eigenvalue weighted by Crippen LogP contribution is 2.29. The van der Waals surface area contributed by atoms with Crippen molar-refractivity contribution in [3.63, 3.8) is 0 Å². The zero-order chi connectivity index (χ0) is 22.6. The van der Waals surface area contributed by atoms with Crippen LogP contribution in [0.3, 0.4) is 0 Å². The smallest absolute Gasteiger partial charge is 0.222 e. The molecule has 1 aliphatic heterocycles. The molecular formula is C26H26FN5O. The quantitative estimate of drug-likeness (QED) is 0.479. The Balaban J connectivity index is 1.22. The van der Waals surface area contributed by atoms with Crippen molar-refractivity contribution < 1.29 is 9.18 Å². The molecule has 0 aliphatic carbocycles. The van der Waals surface area contributed by atoms with Gasteiger partial charge in [-0.1, -0.05) is 30.3 Å². The van der Waals surface area contributed by atoms with E-state index in [2.05, 4.69) is 32.0 Å². The number of piperazine rings is 1. The van der Waals surface area contributed by atoms with Crippen molar-refractivity contribution in [1.29, 1.82) is 0 Å². The molecule has 7 heteroatoms. The number of hydrogen-bond acceptors (Lipinski definition) is 4. The SMILES string of the molecule is O=C(CCCc1ccccc1)N1CCN(c2ncnc3[nH]c(-c4ccc(F)cc4)cc23)CC1. The van der Waals surface area contributed by atoms with Crippen LogP contribution < -0.4 is 4.90 Å². The molecule has 0 radical (unpaired) electrons. The Kier molecular flexibility index (Phi) is 6.02. The number of benzene rings is 2. The lowest BCUT2D eigenvalue weighted by atomic mass is 10.1. The lowest BCUT2D eigenvalue weighted by Crippen LogP contribution is -2.49. The summed E-state index contributed by atoms with van der Waals surface area (Å²) in [6.45, 7) is 2.83. The number of aryl methyl sites for hydroxylation is 1. The minimum absolute atomic E-state index is 0.221. The number of halogens is 1. The Labute approximate surface area is 192 Å². The summed E-state index contributed by atoms with van der Waals surface area (Å²) in [4.78, 5) is 29.1. The van der Waals surface area contributed by atoms with Crippen molar-refractivity contribution in [1.82, 2.24) is 19.9 Å². The second-order valence-corrected chi connectivity index (χ2v) is 8.36.